The number of alkyl halides is 2. The number of halogens is 2. The predicted molar refractivity (Wildman–Crippen MR) is 81.8 cm³/mol. The van der Waals surface area contributed by atoms with Gasteiger partial charge >= 0.3 is 6.29 Å². The summed E-state index contributed by atoms with van der Waals surface area (Å²) in [5, 5.41) is 3.36. The number of piperazine rings is 1. The van der Waals surface area contributed by atoms with Crippen LogP contribution in [0.3, 0.4) is 0 Å². The molecule has 126 valence electrons. The van der Waals surface area contributed by atoms with Crippen molar-refractivity contribution in [1.29, 1.82) is 0 Å². The summed E-state index contributed by atoms with van der Waals surface area (Å²) < 4.78 is 36.6. The van der Waals surface area contributed by atoms with Gasteiger partial charge in [-0.3, -0.25) is 4.90 Å². The third-order valence-electron chi connectivity index (χ3n) is 5.17. The highest BCUT2D eigenvalue weighted by molar-refractivity contribution is 5.50. The molecule has 2 aliphatic heterocycles. The number of nitrogens with one attached hydrogen (secondary N) is 1. The quantitative estimate of drug-likeness (QED) is 0.926. The van der Waals surface area contributed by atoms with Gasteiger partial charge in [0.25, 0.3) is 0 Å². The Bertz CT molecular complexity index is 570. The standard InChI is InChI=1S/C17H22F2N2O2/c18-17(19)22-14-7-3-6-13(16(14)23-17)15(12-4-1-2-5-12)21-10-8-20-9-11-21/h3,6-7,12,15,20H,1-2,4-5,8-11H2/t15-/m0/s1. The van der Waals surface area contributed by atoms with Crippen LogP contribution in [0.15, 0.2) is 18.2 Å². The normalized spacial score (nSPS) is 25.7. The molecule has 2 fully saturated rings. The predicted octanol–water partition coefficient (Wildman–Crippen LogP) is 3.14. The fraction of sp³-hybridized carbons (Fsp3) is 0.647. The first-order valence-electron chi connectivity index (χ1n) is 8.47. The third-order valence-corrected chi connectivity index (χ3v) is 5.17. The van der Waals surface area contributed by atoms with Crippen LogP contribution in [0, 0.1) is 5.92 Å². The number of fused-ring (bicyclic) bond motifs is 1. The highest BCUT2D eigenvalue weighted by Crippen LogP contribution is 2.49. The van der Waals surface area contributed by atoms with E-state index in [1.807, 2.05) is 6.07 Å². The van der Waals surface area contributed by atoms with E-state index in [4.69, 9.17) is 4.74 Å². The molecule has 2 heterocycles. The zero-order valence-corrected chi connectivity index (χ0v) is 13.1. The molecule has 0 spiro atoms. The van der Waals surface area contributed by atoms with Crippen LogP contribution in [0.5, 0.6) is 11.5 Å². The molecule has 1 saturated heterocycles. The smallest absolute Gasteiger partial charge is 0.395 e. The summed E-state index contributed by atoms with van der Waals surface area (Å²) in [5.74, 6) is 0.885. The summed E-state index contributed by atoms with van der Waals surface area (Å²) in [5.41, 5.74) is 0.855. The van der Waals surface area contributed by atoms with Gasteiger partial charge in [-0.05, 0) is 24.8 Å². The minimum atomic E-state index is -3.55. The van der Waals surface area contributed by atoms with Gasteiger partial charge in [-0.15, -0.1) is 8.78 Å². The Morgan fingerprint density at radius 1 is 1.13 bits per heavy atom. The van der Waals surface area contributed by atoms with Gasteiger partial charge in [-0.2, -0.15) is 0 Å². The molecular formula is C17H22F2N2O2. The van der Waals surface area contributed by atoms with E-state index in [0.29, 0.717) is 5.92 Å². The van der Waals surface area contributed by atoms with E-state index in [1.165, 1.54) is 12.8 Å². The van der Waals surface area contributed by atoms with E-state index >= 15 is 0 Å². The second kappa shape index (κ2) is 5.91. The SMILES string of the molecule is FC1(F)Oc2cccc([C@H](C3CCCC3)N3CCNCC3)c2O1. The highest BCUT2D eigenvalue weighted by Gasteiger charge is 2.46. The van der Waals surface area contributed by atoms with Gasteiger partial charge < -0.3 is 14.8 Å². The number of rotatable bonds is 3. The molecule has 1 aliphatic carbocycles. The molecular weight excluding hydrogens is 302 g/mol. The Balaban J connectivity index is 1.71. The molecule has 0 radical (unpaired) electrons. The van der Waals surface area contributed by atoms with Gasteiger partial charge in [0, 0.05) is 37.8 Å². The molecule has 6 heteroatoms. The molecule has 1 atom stereocenters. The first kappa shape index (κ1) is 15.1. The summed E-state index contributed by atoms with van der Waals surface area (Å²) in [4.78, 5) is 2.42. The van der Waals surface area contributed by atoms with Crippen molar-refractivity contribution in [2.75, 3.05) is 26.2 Å². The molecule has 0 bridgehead atoms. The lowest BCUT2D eigenvalue weighted by molar-refractivity contribution is -0.287. The van der Waals surface area contributed by atoms with Crippen LogP contribution in [0.4, 0.5) is 8.78 Å². The van der Waals surface area contributed by atoms with Gasteiger partial charge in [-0.25, -0.2) is 0 Å². The highest BCUT2D eigenvalue weighted by atomic mass is 19.3. The largest absolute Gasteiger partial charge is 0.586 e. The van der Waals surface area contributed by atoms with Gasteiger partial charge in [0.05, 0.1) is 0 Å². The molecule has 1 N–H and O–H groups in total. The van der Waals surface area contributed by atoms with E-state index < -0.39 is 6.29 Å². The van der Waals surface area contributed by atoms with Crippen molar-refractivity contribution in [3.63, 3.8) is 0 Å². The van der Waals surface area contributed by atoms with Crippen molar-refractivity contribution in [3.05, 3.63) is 23.8 Å². The molecule has 1 aromatic carbocycles. The molecule has 1 aromatic rings. The summed E-state index contributed by atoms with van der Waals surface area (Å²) >= 11 is 0. The van der Waals surface area contributed by atoms with Crippen LogP contribution in [-0.2, 0) is 0 Å². The second-order valence-electron chi connectivity index (χ2n) is 6.62. The molecule has 23 heavy (non-hydrogen) atoms. The fourth-order valence-corrected chi connectivity index (χ4v) is 4.21. The van der Waals surface area contributed by atoms with Crippen molar-refractivity contribution in [2.45, 2.75) is 38.0 Å². The average Bonchev–Trinajstić information content (AvgIpc) is 3.15. The van der Waals surface area contributed by atoms with Crippen LogP contribution in [0.25, 0.3) is 0 Å². The van der Waals surface area contributed by atoms with Crippen LogP contribution >= 0.6 is 0 Å². The van der Waals surface area contributed by atoms with Crippen molar-refractivity contribution >= 4 is 0 Å². The molecule has 1 saturated carbocycles. The van der Waals surface area contributed by atoms with Crippen LogP contribution in [0.1, 0.15) is 37.3 Å². The van der Waals surface area contributed by atoms with Crippen LogP contribution in [-0.4, -0.2) is 37.4 Å². The molecule has 0 aromatic heterocycles. The summed E-state index contributed by atoms with van der Waals surface area (Å²) in [6, 6.07) is 5.41. The van der Waals surface area contributed by atoms with E-state index in [0.717, 1.165) is 44.6 Å². The number of hydrogen-bond donors (Lipinski definition) is 1. The molecule has 0 unspecified atom stereocenters. The molecule has 4 rings (SSSR count). The lowest BCUT2D eigenvalue weighted by Crippen LogP contribution is -2.46. The number of ether oxygens (including phenoxy) is 2. The Labute approximate surface area is 134 Å². The minimum absolute atomic E-state index is 0.132. The van der Waals surface area contributed by atoms with Gasteiger partial charge in [0.15, 0.2) is 11.5 Å². The summed E-state index contributed by atoms with van der Waals surface area (Å²) in [7, 11) is 0. The second-order valence-corrected chi connectivity index (χ2v) is 6.62. The Hall–Kier alpha value is -1.40. The van der Waals surface area contributed by atoms with E-state index in [1.54, 1.807) is 12.1 Å². The maximum atomic E-state index is 13.5. The maximum absolute atomic E-state index is 13.5. The zero-order valence-electron chi connectivity index (χ0n) is 13.1. The topological polar surface area (TPSA) is 33.7 Å². The third kappa shape index (κ3) is 2.90. The molecule has 4 nitrogen and oxygen atoms in total. The Kier molecular flexibility index (Phi) is 3.89. The first-order valence-corrected chi connectivity index (χ1v) is 8.47. The fourth-order valence-electron chi connectivity index (χ4n) is 4.21. The monoisotopic (exact) mass is 324 g/mol. The number of hydrogen-bond acceptors (Lipinski definition) is 4. The van der Waals surface area contributed by atoms with Crippen molar-refractivity contribution in [1.82, 2.24) is 10.2 Å². The van der Waals surface area contributed by atoms with Crippen molar-refractivity contribution < 1.29 is 18.3 Å². The molecule has 3 aliphatic rings. The van der Waals surface area contributed by atoms with Crippen LogP contribution < -0.4 is 14.8 Å². The zero-order chi connectivity index (χ0) is 15.9. The van der Waals surface area contributed by atoms with Crippen LogP contribution in [0.2, 0.25) is 0 Å². The van der Waals surface area contributed by atoms with E-state index in [9.17, 15) is 8.78 Å². The number of nitrogens with zero attached hydrogens (tertiary/aromatic N) is 1. The Morgan fingerprint density at radius 3 is 2.61 bits per heavy atom. The number of para-hydroxylation sites is 1. The van der Waals surface area contributed by atoms with E-state index in [-0.39, 0.29) is 17.5 Å². The van der Waals surface area contributed by atoms with E-state index in [2.05, 4.69) is 15.0 Å². The minimum Gasteiger partial charge on any atom is -0.395 e. The maximum Gasteiger partial charge on any atom is 0.586 e. The summed E-state index contributed by atoms with van der Waals surface area (Å²) in [6.07, 6.45) is 1.18. The Morgan fingerprint density at radius 2 is 1.87 bits per heavy atom. The lowest BCUT2D eigenvalue weighted by atomic mass is 9.89. The van der Waals surface area contributed by atoms with Gasteiger partial charge in [0.2, 0.25) is 0 Å². The first-order chi connectivity index (χ1) is 11.1. The average molecular weight is 324 g/mol. The van der Waals surface area contributed by atoms with Gasteiger partial charge in [0.1, 0.15) is 0 Å². The lowest BCUT2D eigenvalue weighted by Gasteiger charge is -2.38. The summed E-state index contributed by atoms with van der Waals surface area (Å²) in [6.45, 7) is 3.74. The number of benzene rings is 1. The van der Waals surface area contributed by atoms with Gasteiger partial charge in [-0.1, -0.05) is 25.0 Å². The molecule has 0 amide bonds. The van der Waals surface area contributed by atoms with Crippen molar-refractivity contribution in [2.24, 2.45) is 5.92 Å². The van der Waals surface area contributed by atoms with Crippen molar-refractivity contribution in [3.8, 4) is 11.5 Å².